The number of likely N-dealkylation sites (N-methyl/N-ethyl adjacent to an activating group) is 1. The highest BCUT2D eigenvalue weighted by molar-refractivity contribution is 5.86. The molecule has 0 saturated carbocycles. The Balaban J connectivity index is 3.15. The highest BCUT2D eigenvalue weighted by atomic mass is 16.5. The summed E-state index contributed by atoms with van der Waals surface area (Å²) in [6.07, 6.45) is 0. The highest BCUT2D eigenvalue weighted by Crippen LogP contribution is 2.20. The van der Waals surface area contributed by atoms with Gasteiger partial charge in [0.1, 0.15) is 5.54 Å². The number of nitrogens with one attached hydrogen (secondary N) is 1. The molecule has 0 aromatic heterocycles. The van der Waals surface area contributed by atoms with Crippen LogP contribution in [0.25, 0.3) is 0 Å². The Hall–Kier alpha value is -1.39. The number of ether oxygens (including phenoxy) is 1. The molecule has 0 saturated heterocycles. The van der Waals surface area contributed by atoms with E-state index in [0.29, 0.717) is 0 Å². The molecule has 1 atom stereocenters. The number of nitrogens with two attached hydrogens (primary N) is 1. The molecule has 0 aliphatic carbocycles. The van der Waals surface area contributed by atoms with E-state index in [9.17, 15) is 4.79 Å². The molecule has 0 spiro atoms. The lowest BCUT2D eigenvalue weighted by molar-refractivity contribution is -0.126. The van der Waals surface area contributed by atoms with Crippen LogP contribution in [0.2, 0.25) is 0 Å². The fourth-order valence-electron chi connectivity index (χ4n) is 1.58. The molecule has 1 amide bonds. The standard InChI is InChI=1S/C11H16N2O2/c1-13-11(8-15-2,10(12)14)9-6-4-3-5-7-9/h3-7,13H,8H2,1-2H3,(H2,12,14). The average Bonchev–Trinajstić information content (AvgIpc) is 2.26. The van der Waals surface area contributed by atoms with Crippen LogP contribution < -0.4 is 11.1 Å². The van der Waals surface area contributed by atoms with Gasteiger partial charge in [-0.1, -0.05) is 30.3 Å². The van der Waals surface area contributed by atoms with Gasteiger partial charge in [-0.3, -0.25) is 4.79 Å². The average molecular weight is 208 g/mol. The van der Waals surface area contributed by atoms with Crippen molar-refractivity contribution in [3.05, 3.63) is 35.9 Å². The Morgan fingerprint density at radius 1 is 1.47 bits per heavy atom. The smallest absolute Gasteiger partial charge is 0.244 e. The maximum Gasteiger partial charge on any atom is 0.244 e. The van der Waals surface area contributed by atoms with Gasteiger partial charge in [0, 0.05) is 7.11 Å². The van der Waals surface area contributed by atoms with E-state index in [1.54, 1.807) is 7.05 Å². The van der Waals surface area contributed by atoms with E-state index >= 15 is 0 Å². The summed E-state index contributed by atoms with van der Waals surface area (Å²) in [5.41, 5.74) is 5.28. The molecule has 3 N–H and O–H groups in total. The van der Waals surface area contributed by atoms with E-state index in [0.717, 1.165) is 5.56 Å². The maximum absolute atomic E-state index is 11.5. The van der Waals surface area contributed by atoms with Gasteiger partial charge in [-0.25, -0.2) is 0 Å². The van der Waals surface area contributed by atoms with Crippen molar-refractivity contribution < 1.29 is 9.53 Å². The Labute approximate surface area is 89.4 Å². The molecule has 4 nitrogen and oxygen atoms in total. The summed E-state index contributed by atoms with van der Waals surface area (Å²) < 4.78 is 5.05. The van der Waals surface area contributed by atoms with Crippen LogP contribution >= 0.6 is 0 Å². The first kappa shape index (κ1) is 11.7. The van der Waals surface area contributed by atoms with Gasteiger partial charge in [-0.2, -0.15) is 0 Å². The predicted molar refractivity (Wildman–Crippen MR) is 58.3 cm³/mol. The zero-order chi connectivity index (χ0) is 11.3. The van der Waals surface area contributed by atoms with Gasteiger partial charge in [0.15, 0.2) is 0 Å². The van der Waals surface area contributed by atoms with Crippen molar-refractivity contribution in [2.45, 2.75) is 5.54 Å². The molecule has 82 valence electrons. The first-order valence-electron chi connectivity index (χ1n) is 4.70. The van der Waals surface area contributed by atoms with Crippen LogP contribution in [-0.4, -0.2) is 26.7 Å². The number of primary amides is 1. The largest absolute Gasteiger partial charge is 0.382 e. The van der Waals surface area contributed by atoms with Gasteiger partial charge >= 0.3 is 0 Å². The lowest BCUT2D eigenvalue weighted by Gasteiger charge is -2.29. The normalized spacial score (nSPS) is 14.5. The number of carbonyl (C=O) groups excluding carboxylic acids is 1. The number of rotatable bonds is 5. The third-order valence-electron chi connectivity index (χ3n) is 2.47. The number of hydrogen-bond acceptors (Lipinski definition) is 3. The van der Waals surface area contributed by atoms with E-state index in [1.807, 2.05) is 30.3 Å². The Kier molecular flexibility index (Phi) is 3.82. The van der Waals surface area contributed by atoms with Gasteiger partial charge in [0.2, 0.25) is 5.91 Å². The van der Waals surface area contributed by atoms with Crippen molar-refractivity contribution in [2.75, 3.05) is 20.8 Å². The van der Waals surface area contributed by atoms with E-state index in [-0.39, 0.29) is 6.61 Å². The maximum atomic E-state index is 11.5. The molecule has 15 heavy (non-hydrogen) atoms. The second-order valence-corrected chi connectivity index (χ2v) is 3.32. The summed E-state index contributed by atoms with van der Waals surface area (Å²) in [5, 5.41) is 2.93. The molecule has 1 rings (SSSR count). The minimum atomic E-state index is -0.948. The zero-order valence-corrected chi connectivity index (χ0v) is 8.99. The summed E-state index contributed by atoms with van der Waals surface area (Å²) >= 11 is 0. The van der Waals surface area contributed by atoms with Crippen LogP contribution in [0.4, 0.5) is 0 Å². The molecule has 1 unspecified atom stereocenters. The van der Waals surface area contributed by atoms with Crippen LogP contribution in [0.5, 0.6) is 0 Å². The summed E-state index contributed by atoms with van der Waals surface area (Å²) in [5.74, 6) is -0.446. The van der Waals surface area contributed by atoms with E-state index in [4.69, 9.17) is 10.5 Å². The molecule has 0 aliphatic rings. The van der Waals surface area contributed by atoms with Crippen molar-refractivity contribution in [1.29, 1.82) is 0 Å². The summed E-state index contributed by atoms with van der Waals surface area (Å²) in [6.45, 7) is 0.211. The van der Waals surface area contributed by atoms with Gasteiger partial charge in [-0.05, 0) is 12.6 Å². The highest BCUT2D eigenvalue weighted by Gasteiger charge is 2.36. The number of amides is 1. The number of methoxy groups -OCH3 is 1. The van der Waals surface area contributed by atoms with Crippen molar-refractivity contribution in [3.63, 3.8) is 0 Å². The quantitative estimate of drug-likeness (QED) is 0.728. The molecule has 0 heterocycles. The second-order valence-electron chi connectivity index (χ2n) is 3.32. The number of hydrogen-bond donors (Lipinski definition) is 2. The van der Waals surface area contributed by atoms with Crippen LogP contribution in [0, 0.1) is 0 Å². The molecule has 0 radical (unpaired) electrons. The molecule has 0 bridgehead atoms. The lowest BCUT2D eigenvalue weighted by atomic mass is 9.90. The fourth-order valence-corrected chi connectivity index (χ4v) is 1.58. The first-order valence-corrected chi connectivity index (χ1v) is 4.70. The van der Waals surface area contributed by atoms with E-state index < -0.39 is 11.4 Å². The zero-order valence-electron chi connectivity index (χ0n) is 8.99. The van der Waals surface area contributed by atoms with E-state index in [2.05, 4.69) is 5.32 Å². The third-order valence-corrected chi connectivity index (χ3v) is 2.47. The van der Waals surface area contributed by atoms with Crippen LogP contribution in [-0.2, 0) is 15.1 Å². The van der Waals surface area contributed by atoms with Gasteiger partial charge in [-0.15, -0.1) is 0 Å². The summed E-state index contributed by atoms with van der Waals surface area (Å²) in [7, 11) is 3.23. The topological polar surface area (TPSA) is 64.3 Å². The van der Waals surface area contributed by atoms with Crippen molar-refractivity contribution in [1.82, 2.24) is 5.32 Å². The van der Waals surface area contributed by atoms with Crippen molar-refractivity contribution in [3.8, 4) is 0 Å². The fraction of sp³-hybridized carbons (Fsp3) is 0.364. The SMILES string of the molecule is CNC(COC)(C(N)=O)c1ccccc1. The lowest BCUT2D eigenvalue weighted by Crippen LogP contribution is -2.54. The molecule has 1 aromatic rings. The number of carbonyl (C=O) groups is 1. The Bertz CT molecular complexity index is 327. The minimum absolute atomic E-state index is 0.211. The van der Waals surface area contributed by atoms with Crippen molar-refractivity contribution >= 4 is 5.91 Å². The minimum Gasteiger partial charge on any atom is -0.382 e. The van der Waals surface area contributed by atoms with E-state index in [1.165, 1.54) is 7.11 Å². The number of benzene rings is 1. The monoisotopic (exact) mass is 208 g/mol. The molecule has 1 aromatic carbocycles. The Morgan fingerprint density at radius 2 is 2.07 bits per heavy atom. The van der Waals surface area contributed by atoms with Crippen LogP contribution in [0.15, 0.2) is 30.3 Å². The van der Waals surface area contributed by atoms with Crippen molar-refractivity contribution in [2.24, 2.45) is 5.73 Å². The molecule has 0 aliphatic heterocycles. The van der Waals surface area contributed by atoms with Gasteiger partial charge in [0.05, 0.1) is 6.61 Å². The third kappa shape index (κ3) is 2.16. The predicted octanol–water partition coefficient (Wildman–Crippen LogP) is 0.233. The first-order chi connectivity index (χ1) is 7.17. The second kappa shape index (κ2) is 4.91. The Morgan fingerprint density at radius 3 is 2.47 bits per heavy atom. The van der Waals surface area contributed by atoms with Crippen LogP contribution in [0.1, 0.15) is 5.56 Å². The molecule has 4 heteroatoms. The van der Waals surface area contributed by atoms with Gasteiger partial charge in [0.25, 0.3) is 0 Å². The van der Waals surface area contributed by atoms with Crippen LogP contribution in [0.3, 0.4) is 0 Å². The summed E-state index contributed by atoms with van der Waals surface area (Å²) in [4.78, 5) is 11.5. The van der Waals surface area contributed by atoms with Gasteiger partial charge < -0.3 is 15.8 Å². The molecular weight excluding hydrogens is 192 g/mol. The summed E-state index contributed by atoms with van der Waals surface area (Å²) in [6, 6.07) is 9.30. The molecular formula is C11H16N2O2. The molecule has 0 fully saturated rings.